The average Bonchev–Trinajstić information content (AvgIpc) is 2.87. The molecule has 1 saturated heterocycles. The molecule has 4 nitrogen and oxygen atoms in total. The lowest BCUT2D eigenvalue weighted by Gasteiger charge is -2.22. The van der Waals surface area contributed by atoms with Crippen LogP contribution in [0, 0.1) is 5.92 Å². The van der Waals surface area contributed by atoms with E-state index in [2.05, 4.69) is 17.1 Å². The summed E-state index contributed by atoms with van der Waals surface area (Å²) < 4.78 is 0. The lowest BCUT2D eigenvalue weighted by molar-refractivity contribution is 0.0963. The summed E-state index contributed by atoms with van der Waals surface area (Å²) in [4.78, 5) is 14.2. The summed E-state index contributed by atoms with van der Waals surface area (Å²) in [5.74, 6) is 0.693. The lowest BCUT2D eigenvalue weighted by atomic mass is 10.0. The average molecular weight is 261 g/mol. The van der Waals surface area contributed by atoms with Crippen molar-refractivity contribution in [3.05, 3.63) is 23.8 Å². The van der Waals surface area contributed by atoms with Gasteiger partial charge in [-0.25, -0.2) is 0 Å². The molecule has 0 aliphatic carbocycles. The Bertz CT molecular complexity index is 459. The van der Waals surface area contributed by atoms with Gasteiger partial charge in [-0.2, -0.15) is 0 Å². The number of hydrogen-bond donors (Lipinski definition) is 2. The third-order valence-corrected chi connectivity index (χ3v) is 3.82. The number of carbonyl (C=O) groups excluding carboxylic acids is 1. The molecule has 0 saturated carbocycles. The molecule has 0 aromatic heterocycles. The fourth-order valence-electron chi connectivity index (χ4n) is 2.83. The fraction of sp³-hybridized carbons (Fsp3) is 0.533. The van der Waals surface area contributed by atoms with Crippen molar-refractivity contribution in [2.24, 2.45) is 5.92 Å². The number of amides is 1. The smallest absolute Gasteiger partial charge is 0.253 e. The molecule has 1 aliphatic heterocycles. The van der Waals surface area contributed by atoms with Gasteiger partial charge in [0.25, 0.3) is 5.91 Å². The third kappa shape index (κ3) is 3.00. The molecule has 3 N–H and O–H groups in total. The van der Waals surface area contributed by atoms with E-state index in [1.165, 1.54) is 19.3 Å². The van der Waals surface area contributed by atoms with Gasteiger partial charge in [0.05, 0.1) is 11.3 Å². The van der Waals surface area contributed by atoms with Crippen molar-refractivity contribution < 1.29 is 4.79 Å². The van der Waals surface area contributed by atoms with Gasteiger partial charge in [0.15, 0.2) is 0 Å². The minimum atomic E-state index is -0.0473. The van der Waals surface area contributed by atoms with Crippen molar-refractivity contribution in [2.75, 3.05) is 30.8 Å². The van der Waals surface area contributed by atoms with E-state index in [0.29, 0.717) is 11.3 Å². The molecule has 104 valence electrons. The minimum Gasteiger partial charge on any atom is -0.399 e. The Morgan fingerprint density at radius 2 is 2.32 bits per heavy atom. The maximum absolute atomic E-state index is 11.9. The van der Waals surface area contributed by atoms with Gasteiger partial charge >= 0.3 is 0 Å². The van der Waals surface area contributed by atoms with Crippen molar-refractivity contribution in [1.29, 1.82) is 0 Å². The Morgan fingerprint density at radius 1 is 1.53 bits per heavy atom. The van der Waals surface area contributed by atoms with Gasteiger partial charge in [-0.3, -0.25) is 4.79 Å². The number of anilines is 2. The molecule has 1 aromatic carbocycles. The first-order chi connectivity index (χ1) is 9.15. The van der Waals surface area contributed by atoms with Crippen LogP contribution in [0.4, 0.5) is 11.4 Å². The summed E-state index contributed by atoms with van der Waals surface area (Å²) in [6.45, 7) is 4.26. The first kappa shape index (κ1) is 13.7. The molecule has 0 spiro atoms. The van der Waals surface area contributed by atoms with Crippen molar-refractivity contribution in [3.8, 4) is 0 Å². The molecule has 0 radical (unpaired) electrons. The number of nitrogen functional groups attached to an aromatic ring is 1. The van der Waals surface area contributed by atoms with Crippen LogP contribution in [0.3, 0.4) is 0 Å². The van der Waals surface area contributed by atoms with E-state index in [9.17, 15) is 4.79 Å². The molecular formula is C15H23N3O. The molecule has 1 aromatic rings. The van der Waals surface area contributed by atoms with Crippen molar-refractivity contribution >= 4 is 17.3 Å². The standard InChI is InChI=1S/C15H23N3O/c1-3-4-11-7-8-18(10-11)14-9-12(16)5-6-13(14)15(19)17-2/h5-6,9,11H,3-4,7-8,10,16H2,1-2H3,(H,17,19). The molecule has 19 heavy (non-hydrogen) atoms. The van der Waals surface area contributed by atoms with Gasteiger partial charge < -0.3 is 16.0 Å². The van der Waals surface area contributed by atoms with E-state index >= 15 is 0 Å². The maximum Gasteiger partial charge on any atom is 0.253 e. The Hall–Kier alpha value is -1.71. The molecule has 1 aliphatic rings. The molecule has 1 heterocycles. The minimum absolute atomic E-state index is 0.0473. The Balaban J connectivity index is 2.24. The van der Waals surface area contributed by atoms with Crippen LogP contribution in [0.2, 0.25) is 0 Å². The molecular weight excluding hydrogens is 238 g/mol. The summed E-state index contributed by atoms with van der Waals surface area (Å²) in [5.41, 5.74) is 8.27. The molecule has 2 rings (SSSR count). The summed E-state index contributed by atoms with van der Waals surface area (Å²) in [6.07, 6.45) is 3.68. The molecule has 1 unspecified atom stereocenters. The van der Waals surface area contributed by atoms with Gasteiger partial charge in [-0.05, 0) is 37.0 Å². The number of nitrogens with two attached hydrogens (primary N) is 1. The van der Waals surface area contributed by atoms with E-state index in [1.807, 2.05) is 12.1 Å². The third-order valence-electron chi connectivity index (χ3n) is 3.82. The number of rotatable bonds is 4. The van der Waals surface area contributed by atoms with Crippen LogP contribution in [0.5, 0.6) is 0 Å². The van der Waals surface area contributed by atoms with Crippen molar-refractivity contribution in [1.82, 2.24) is 5.32 Å². The summed E-state index contributed by atoms with van der Waals surface area (Å²) in [7, 11) is 1.66. The number of hydrogen-bond acceptors (Lipinski definition) is 3. The summed E-state index contributed by atoms with van der Waals surface area (Å²) >= 11 is 0. The predicted molar refractivity (Wildman–Crippen MR) is 79.5 cm³/mol. The zero-order valence-electron chi connectivity index (χ0n) is 11.8. The number of carbonyl (C=O) groups is 1. The predicted octanol–water partition coefficient (Wildman–Crippen LogP) is 2.25. The lowest BCUT2D eigenvalue weighted by Crippen LogP contribution is -2.26. The second kappa shape index (κ2) is 5.95. The Morgan fingerprint density at radius 3 is 3.00 bits per heavy atom. The Kier molecular flexibility index (Phi) is 4.30. The monoisotopic (exact) mass is 261 g/mol. The highest BCUT2D eigenvalue weighted by Gasteiger charge is 2.25. The van der Waals surface area contributed by atoms with Crippen LogP contribution >= 0.6 is 0 Å². The first-order valence-corrected chi connectivity index (χ1v) is 7.02. The van der Waals surface area contributed by atoms with Gasteiger partial charge in [-0.15, -0.1) is 0 Å². The van der Waals surface area contributed by atoms with Gasteiger partial charge in [0.1, 0.15) is 0 Å². The molecule has 1 amide bonds. The molecule has 0 bridgehead atoms. The quantitative estimate of drug-likeness (QED) is 0.817. The van der Waals surface area contributed by atoms with E-state index in [4.69, 9.17) is 5.73 Å². The van der Waals surface area contributed by atoms with Crippen LogP contribution in [-0.2, 0) is 0 Å². The van der Waals surface area contributed by atoms with Crippen LogP contribution in [0.25, 0.3) is 0 Å². The molecule has 1 fully saturated rings. The maximum atomic E-state index is 11.9. The second-order valence-electron chi connectivity index (χ2n) is 5.25. The van der Waals surface area contributed by atoms with E-state index < -0.39 is 0 Å². The highest BCUT2D eigenvalue weighted by molar-refractivity contribution is 6.00. The number of benzene rings is 1. The summed E-state index contributed by atoms with van der Waals surface area (Å²) in [5, 5.41) is 2.69. The fourth-order valence-corrected chi connectivity index (χ4v) is 2.83. The highest BCUT2D eigenvalue weighted by Crippen LogP contribution is 2.30. The van der Waals surface area contributed by atoms with Crippen molar-refractivity contribution in [2.45, 2.75) is 26.2 Å². The second-order valence-corrected chi connectivity index (χ2v) is 5.25. The van der Waals surface area contributed by atoms with Gasteiger partial charge in [-0.1, -0.05) is 13.3 Å². The Labute approximate surface area is 115 Å². The number of nitrogens with one attached hydrogen (secondary N) is 1. The van der Waals surface area contributed by atoms with E-state index in [0.717, 1.165) is 24.7 Å². The van der Waals surface area contributed by atoms with E-state index in [-0.39, 0.29) is 5.91 Å². The SMILES string of the molecule is CCCC1CCN(c2cc(N)ccc2C(=O)NC)C1. The molecule has 4 heteroatoms. The zero-order chi connectivity index (χ0) is 13.8. The highest BCUT2D eigenvalue weighted by atomic mass is 16.1. The van der Waals surface area contributed by atoms with Crippen LogP contribution < -0.4 is 16.0 Å². The van der Waals surface area contributed by atoms with Gasteiger partial charge in [0.2, 0.25) is 0 Å². The van der Waals surface area contributed by atoms with Crippen LogP contribution in [0.1, 0.15) is 36.5 Å². The first-order valence-electron chi connectivity index (χ1n) is 7.02. The number of nitrogens with zero attached hydrogens (tertiary/aromatic N) is 1. The van der Waals surface area contributed by atoms with E-state index in [1.54, 1.807) is 13.1 Å². The largest absolute Gasteiger partial charge is 0.399 e. The van der Waals surface area contributed by atoms with Crippen LogP contribution in [0.15, 0.2) is 18.2 Å². The van der Waals surface area contributed by atoms with Crippen LogP contribution in [-0.4, -0.2) is 26.0 Å². The molecule has 1 atom stereocenters. The normalized spacial score (nSPS) is 18.6. The van der Waals surface area contributed by atoms with Gasteiger partial charge in [0, 0.05) is 25.8 Å². The topological polar surface area (TPSA) is 58.4 Å². The summed E-state index contributed by atoms with van der Waals surface area (Å²) in [6, 6.07) is 5.52. The van der Waals surface area contributed by atoms with Crippen molar-refractivity contribution in [3.63, 3.8) is 0 Å². The zero-order valence-corrected chi connectivity index (χ0v) is 11.8.